The van der Waals surface area contributed by atoms with E-state index in [1.165, 1.54) is 11.1 Å². The van der Waals surface area contributed by atoms with Gasteiger partial charge < -0.3 is 5.73 Å². The number of carbonyl (C=O) groups is 1. The summed E-state index contributed by atoms with van der Waals surface area (Å²) in [7, 11) is 0. The monoisotopic (exact) mass is 294 g/mol. The van der Waals surface area contributed by atoms with Gasteiger partial charge in [-0.2, -0.15) is 0 Å². The van der Waals surface area contributed by atoms with Crippen molar-refractivity contribution in [2.24, 2.45) is 5.73 Å². The zero-order chi connectivity index (χ0) is 15.5. The highest BCUT2D eigenvalue weighted by Gasteiger charge is 2.38. The summed E-state index contributed by atoms with van der Waals surface area (Å²) in [5.74, 6) is -0.366. The summed E-state index contributed by atoms with van der Waals surface area (Å²) in [5, 5.41) is 0. The SMILES string of the molecule is C[C@@H](CCc1ccc(C(N)=O)cc1)N1CC1c1ccccc1. The van der Waals surface area contributed by atoms with Gasteiger partial charge in [0, 0.05) is 24.2 Å². The van der Waals surface area contributed by atoms with Gasteiger partial charge in [0.05, 0.1) is 0 Å². The first-order chi connectivity index (χ1) is 10.6. The molecule has 0 aromatic heterocycles. The molecule has 0 bridgehead atoms. The van der Waals surface area contributed by atoms with Gasteiger partial charge in [-0.3, -0.25) is 9.69 Å². The lowest BCUT2D eigenvalue weighted by Crippen LogP contribution is -2.16. The van der Waals surface area contributed by atoms with Gasteiger partial charge in [-0.25, -0.2) is 0 Å². The van der Waals surface area contributed by atoms with Crippen molar-refractivity contribution in [1.29, 1.82) is 0 Å². The van der Waals surface area contributed by atoms with Crippen LogP contribution >= 0.6 is 0 Å². The predicted molar refractivity (Wildman–Crippen MR) is 88.6 cm³/mol. The van der Waals surface area contributed by atoms with Crippen LogP contribution in [0.25, 0.3) is 0 Å². The summed E-state index contributed by atoms with van der Waals surface area (Å²) in [6, 6.07) is 19.5. The highest BCUT2D eigenvalue weighted by Crippen LogP contribution is 2.37. The van der Waals surface area contributed by atoms with E-state index in [9.17, 15) is 4.79 Å². The molecule has 22 heavy (non-hydrogen) atoms. The molecule has 1 amide bonds. The van der Waals surface area contributed by atoms with E-state index < -0.39 is 0 Å². The van der Waals surface area contributed by atoms with Gasteiger partial charge in [-0.15, -0.1) is 0 Å². The lowest BCUT2D eigenvalue weighted by Gasteiger charge is -2.14. The second-order valence-corrected chi connectivity index (χ2v) is 6.07. The smallest absolute Gasteiger partial charge is 0.248 e. The van der Waals surface area contributed by atoms with E-state index in [-0.39, 0.29) is 5.91 Å². The maximum atomic E-state index is 11.1. The summed E-state index contributed by atoms with van der Waals surface area (Å²) in [6.07, 6.45) is 2.15. The quantitative estimate of drug-likeness (QED) is 0.832. The summed E-state index contributed by atoms with van der Waals surface area (Å²) < 4.78 is 0. The van der Waals surface area contributed by atoms with Crippen molar-refractivity contribution in [1.82, 2.24) is 4.90 Å². The van der Waals surface area contributed by atoms with E-state index in [0.29, 0.717) is 17.6 Å². The van der Waals surface area contributed by atoms with Crippen LogP contribution in [0, 0.1) is 0 Å². The highest BCUT2D eigenvalue weighted by molar-refractivity contribution is 5.92. The molecule has 0 radical (unpaired) electrons. The van der Waals surface area contributed by atoms with Crippen LogP contribution in [0.2, 0.25) is 0 Å². The van der Waals surface area contributed by atoms with Gasteiger partial charge in [-0.05, 0) is 43.0 Å². The number of aryl methyl sites for hydroxylation is 1. The van der Waals surface area contributed by atoms with Crippen LogP contribution in [0.5, 0.6) is 0 Å². The molecule has 0 saturated carbocycles. The van der Waals surface area contributed by atoms with E-state index in [0.717, 1.165) is 19.4 Å². The Balaban J connectivity index is 1.51. The van der Waals surface area contributed by atoms with Crippen LogP contribution in [0.1, 0.15) is 40.9 Å². The molecule has 3 nitrogen and oxygen atoms in total. The molecule has 2 N–H and O–H groups in total. The second-order valence-electron chi connectivity index (χ2n) is 6.07. The average Bonchev–Trinajstić information content (AvgIpc) is 3.34. The van der Waals surface area contributed by atoms with Crippen molar-refractivity contribution in [2.45, 2.75) is 31.8 Å². The fourth-order valence-corrected chi connectivity index (χ4v) is 2.99. The Morgan fingerprint density at radius 1 is 1.18 bits per heavy atom. The number of nitrogens with two attached hydrogens (primary N) is 1. The van der Waals surface area contributed by atoms with E-state index >= 15 is 0 Å². The first kappa shape index (κ1) is 14.8. The minimum atomic E-state index is -0.366. The molecule has 2 unspecified atom stereocenters. The number of primary amides is 1. The molecule has 3 atom stereocenters. The van der Waals surface area contributed by atoms with E-state index in [1.54, 1.807) is 0 Å². The third kappa shape index (κ3) is 3.37. The fraction of sp³-hybridized carbons (Fsp3) is 0.316. The van der Waals surface area contributed by atoms with Crippen molar-refractivity contribution in [3.05, 3.63) is 71.3 Å². The van der Waals surface area contributed by atoms with Gasteiger partial charge in [0.2, 0.25) is 5.91 Å². The molecule has 1 saturated heterocycles. The summed E-state index contributed by atoms with van der Waals surface area (Å²) in [5.41, 5.74) is 8.51. The molecular weight excluding hydrogens is 272 g/mol. The molecule has 3 heteroatoms. The molecule has 0 spiro atoms. The van der Waals surface area contributed by atoms with Crippen molar-refractivity contribution >= 4 is 5.91 Å². The Morgan fingerprint density at radius 3 is 2.50 bits per heavy atom. The van der Waals surface area contributed by atoms with Gasteiger partial charge in [0.1, 0.15) is 0 Å². The molecule has 0 aliphatic carbocycles. The van der Waals surface area contributed by atoms with Crippen molar-refractivity contribution in [3.63, 3.8) is 0 Å². The third-order valence-corrected chi connectivity index (χ3v) is 4.49. The number of rotatable bonds is 6. The Morgan fingerprint density at radius 2 is 1.86 bits per heavy atom. The summed E-state index contributed by atoms with van der Waals surface area (Å²) in [4.78, 5) is 13.6. The van der Waals surface area contributed by atoms with Crippen molar-refractivity contribution < 1.29 is 4.79 Å². The molecular formula is C19H22N2O. The first-order valence-electron chi connectivity index (χ1n) is 7.84. The minimum absolute atomic E-state index is 0.366. The van der Waals surface area contributed by atoms with Crippen LogP contribution < -0.4 is 5.73 Å². The number of benzene rings is 2. The van der Waals surface area contributed by atoms with Gasteiger partial charge in [-0.1, -0.05) is 42.5 Å². The largest absolute Gasteiger partial charge is 0.366 e. The Hall–Kier alpha value is -2.13. The van der Waals surface area contributed by atoms with Crippen LogP contribution in [0.4, 0.5) is 0 Å². The zero-order valence-corrected chi connectivity index (χ0v) is 12.9. The maximum Gasteiger partial charge on any atom is 0.248 e. The normalized spacial score (nSPS) is 21.3. The van der Waals surface area contributed by atoms with E-state index in [4.69, 9.17) is 5.73 Å². The third-order valence-electron chi connectivity index (χ3n) is 4.49. The van der Waals surface area contributed by atoms with Crippen molar-refractivity contribution in [2.75, 3.05) is 6.54 Å². The van der Waals surface area contributed by atoms with Crippen molar-refractivity contribution in [3.8, 4) is 0 Å². The first-order valence-corrected chi connectivity index (χ1v) is 7.84. The van der Waals surface area contributed by atoms with Gasteiger partial charge in [0.15, 0.2) is 0 Å². The number of carbonyl (C=O) groups excluding carboxylic acids is 1. The molecule has 3 rings (SSSR count). The van der Waals surface area contributed by atoms with Gasteiger partial charge in [0.25, 0.3) is 0 Å². The average molecular weight is 294 g/mol. The molecule has 1 aliphatic rings. The molecule has 2 aromatic rings. The summed E-state index contributed by atoms with van der Waals surface area (Å²) >= 11 is 0. The van der Waals surface area contributed by atoms with E-state index in [1.807, 2.05) is 24.3 Å². The fourth-order valence-electron chi connectivity index (χ4n) is 2.99. The summed E-state index contributed by atoms with van der Waals surface area (Å²) in [6.45, 7) is 3.45. The molecule has 114 valence electrons. The number of hydrogen-bond donors (Lipinski definition) is 1. The Kier molecular flexibility index (Phi) is 4.25. The zero-order valence-electron chi connectivity index (χ0n) is 12.9. The van der Waals surface area contributed by atoms with Crippen LogP contribution in [0.15, 0.2) is 54.6 Å². The predicted octanol–water partition coefficient (Wildman–Crippen LogP) is 3.16. The Bertz CT molecular complexity index is 636. The molecule has 1 aliphatic heterocycles. The lowest BCUT2D eigenvalue weighted by molar-refractivity contribution is 0.100. The molecule has 2 aromatic carbocycles. The topological polar surface area (TPSA) is 46.1 Å². The van der Waals surface area contributed by atoms with Crippen LogP contribution in [-0.4, -0.2) is 23.4 Å². The number of amides is 1. The van der Waals surface area contributed by atoms with Crippen LogP contribution in [0.3, 0.4) is 0 Å². The molecule has 1 fully saturated rings. The Labute approximate surface area is 131 Å². The highest BCUT2D eigenvalue weighted by atomic mass is 16.1. The number of hydrogen-bond acceptors (Lipinski definition) is 2. The second kappa shape index (κ2) is 6.32. The van der Waals surface area contributed by atoms with Gasteiger partial charge >= 0.3 is 0 Å². The molecule has 1 heterocycles. The van der Waals surface area contributed by atoms with Crippen LogP contribution in [-0.2, 0) is 6.42 Å². The lowest BCUT2D eigenvalue weighted by atomic mass is 10.0. The number of nitrogens with zero attached hydrogens (tertiary/aromatic N) is 1. The maximum absolute atomic E-state index is 11.1. The van der Waals surface area contributed by atoms with E-state index in [2.05, 4.69) is 42.2 Å². The standard InChI is InChI=1S/C19H22N2O/c1-14(21-13-18(21)16-5-3-2-4-6-16)7-8-15-9-11-17(12-10-15)19(20)22/h2-6,9-12,14,18H,7-8,13H2,1H3,(H2,20,22)/t14-,18?,21?/m0/s1. The minimum Gasteiger partial charge on any atom is -0.366 e.